The Morgan fingerprint density at radius 3 is 2.12 bits per heavy atom. The molecule has 0 aliphatic rings. The number of hydrogen-bond acceptors (Lipinski definition) is 4. The summed E-state index contributed by atoms with van der Waals surface area (Å²) in [6.07, 6.45) is 3.66. The van der Waals surface area contributed by atoms with E-state index >= 15 is 0 Å². The Bertz CT molecular complexity index is 2460. The summed E-state index contributed by atoms with van der Waals surface area (Å²) in [6.45, 7) is 0. The van der Waals surface area contributed by atoms with Gasteiger partial charge in [0.15, 0.2) is 0 Å². The van der Waals surface area contributed by atoms with E-state index in [0.717, 1.165) is 72.2 Å². The molecule has 4 aromatic carbocycles. The summed E-state index contributed by atoms with van der Waals surface area (Å²) < 4.78 is 10.9. The lowest BCUT2D eigenvalue weighted by molar-refractivity contribution is 0.484. The smallest absolute Gasteiger partial charge is 0.147 e. The van der Waals surface area contributed by atoms with Crippen LogP contribution in [0.25, 0.3) is 66.1 Å². The zero-order valence-electron chi connectivity index (χ0n) is 21.8. The second-order valence-electron chi connectivity index (χ2n) is 10.2. The lowest BCUT2D eigenvalue weighted by atomic mass is 10.1. The van der Waals surface area contributed by atoms with E-state index in [2.05, 4.69) is 74.6 Å². The van der Waals surface area contributed by atoms with Crippen molar-refractivity contribution in [1.82, 2.24) is 23.9 Å². The molecule has 0 fully saturated rings. The first-order chi connectivity index (χ1) is 20.3. The summed E-state index contributed by atoms with van der Waals surface area (Å²) in [5.74, 6) is 2.37. The molecule has 0 saturated heterocycles. The molecule has 9 aromatic rings. The van der Waals surface area contributed by atoms with E-state index in [4.69, 9.17) is 14.7 Å². The number of aromatic nitrogens is 5. The molecule has 6 heteroatoms. The van der Waals surface area contributed by atoms with Gasteiger partial charge in [0, 0.05) is 40.0 Å². The first kappa shape index (κ1) is 22.1. The van der Waals surface area contributed by atoms with Crippen molar-refractivity contribution in [2.24, 2.45) is 0 Å². The van der Waals surface area contributed by atoms with Crippen molar-refractivity contribution in [3.63, 3.8) is 0 Å². The van der Waals surface area contributed by atoms with Crippen LogP contribution in [0.4, 0.5) is 0 Å². The third-order valence-corrected chi connectivity index (χ3v) is 7.84. The van der Waals surface area contributed by atoms with Gasteiger partial charge in [-0.25, -0.2) is 15.0 Å². The topological polar surface area (TPSA) is 57.2 Å². The van der Waals surface area contributed by atoms with Crippen LogP contribution in [0.3, 0.4) is 0 Å². The van der Waals surface area contributed by atoms with Crippen LogP contribution in [0.5, 0.6) is 11.5 Å². The van der Waals surface area contributed by atoms with Crippen molar-refractivity contribution in [1.29, 1.82) is 0 Å². The number of ether oxygens (including phenoxy) is 1. The first-order valence-electron chi connectivity index (χ1n) is 13.5. The maximum Gasteiger partial charge on any atom is 0.147 e. The summed E-state index contributed by atoms with van der Waals surface area (Å²) in [7, 11) is 0. The highest BCUT2D eigenvalue weighted by Gasteiger charge is 2.16. The van der Waals surface area contributed by atoms with Crippen LogP contribution in [-0.4, -0.2) is 23.9 Å². The number of benzene rings is 4. The van der Waals surface area contributed by atoms with Crippen molar-refractivity contribution >= 4 is 60.3 Å². The van der Waals surface area contributed by atoms with Gasteiger partial charge in [-0.3, -0.25) is 8.97 Å². The van der Waals surface area contributed by atoms with Gasteiger partial charge in [-0.15, -0.1) is 0 Å². The number of rotatable bonds is 3. The summed E-state index contributed by atoms with van der Waals surface area (Å²) in [6, 6.07) is 39.1. The molecule has 0 amide bonds. The van der Waals surface area contributed by atoms with E-state index in [9.17, 15) is 0 Å². The molecular formula is C35H21N5O. The fourth-order valence-electron chi connectivity index (χ4n) is 6.10. The zero-order chi connectivity index (χ0) is 26.9. The molecule has 0 spiro atoms. The van der Waals surface area contributed by atoms with E-state index < -0.39 is 0 Å². The largest absolute Gasteiger partial charge is 0.457 e. The maximum absolute atomic E-state index is 6.53. The average molecular weight is 528 g/mol. The molecule has 0 aliphatic heterocycles. The third-order valence-electron chi connectivity index (χ3n) is 7.84. The molecule has 41 heavy (non-hydrogen) atoms. The van der Waals surface area contributed by atoms with Crippen LogP contribution < -0.4 is 4.74 Å². The Morgan fingerprint density at radius 1 is 0.488 bits per heavy atom. The summed E-state index contributed by atoms with van der Waals surface area (Å²) >= 11 is 0. The second-order valence-corrected chi connectivity index (χ2v) is 10.2. The molecule has 0 unspecified atom stereocenters. The van der Waals surface area contributed by atoms with E-state index in [0.29, 0.717) is 0 Å². The van der Waals surface area contributed by atoms with Gasteiger partial charge in [-0.2, -0.15) is 0 Å². The Balaban J connectivity index is 1.25. The standard InChI is InChI=1S/C35H21N5O/c1-3-11-30-25(8-1)26-17-15-23(21-32(26)39(30)33-13-5-6-18-36-33)41-22-14-16-24-27-9-7-19-37-34(27)40-31-12-4-2-10-29(31)38-35(40)28(24)20-22/h1-21H. The van der Waals surface area contributed by atoms with Crippen LogP contribution in [0, 0.1) is 0 Å². The van der Waals surface area contributed by atoms with E-state index in [1.807, 2.05) is 67.0 Å². The normalized spacial score (nSPS) is 11.9. The first-order valence-corrected chi connectivity index (χ1v) is 13.5. The fraction of sp³-hybridized carbons (Fsp3) is 0. The molecule has 5 heterocycles. The predicted molar refractivity (Wildman–Crippen MR) is 164 cm³/mol. The Hall–Kier alpha value is -5.75. The van der Waals surface area contributed by atoms with E-state index in [1.165, 1.54) is 5.39 Å². The van der Waals surface area contributed by atoms with Gasteiger partial charge >= 0.3 is 0 Å². The van der Waals surface area contributed by atoms with Crippen LogP contribution in [-0.2, 0) is 0 Å². The van der Waals surface area contributed by atoms with Gasteiger partial charge in [-0.05, 0) is 78.2 Å². The highest BCUT2D eigenvalue weighted by molar-refractivity contribution is 6.13. The average Bonchev–Trinajstić information content (AvgIpc) is 3.58. The summed E-state index contributed by atoms with van der Waals surface area (Å²) in [5.41, 5.74) is 5.88. The quantitative estimate of drug-likeness (QED) is 0.216. The molecule has 5 aromatic heterocycles. The highest BCUT2D eigenvalue weighted by Crippen LogP contribution is 2.37. The molecule has 0 N–H and O–H groups in total. The molecule has 6 nitrogen and oxygen atoms in total. The fourth-order valence-corrected chi connectivity index (χ4v) is 6.10. The minimum Gasteiger partial charge on any atom is -0.457 e. The molecule has 0 aliphatic carbocycles. The molecule has 0 bridgehead atoms. The van der Waals surface area contributed by atoms with E-state index in [-0.39, 0.29) is 0 Å². The number of pyridine rings is 3. The van der Waals surface area contributed by atoms with Gasteiger partial charge in [0.05, 0.1) is 22.1 Å². The van der Waals surface area contributed by atoms with Crippen molar-refractivity contribution < 1.29 is 4.74 Å². The number of para-hydroxylation sites is 3. The van der Waals surface area contributed by atoms with Gasteiger partial charge in [0.2, 0.25) is 0 Å². The lowest BCUT2D eigenvalue weighted by Gasteiger charge is -2.11. The van der Waals surface area contributed by atoms with Crippen molar-refractivity contribution in [2.75, 3.05) is 0 Å². The van der Waals surface area contributed by atoms with Crippen LogP contribution in [0.1, 0.15) is 0 Å². The predicted octanol–water partition coefficient (Wildman–Crippen LogP) is 8.47. The third kappa shape index (κ3) is 3.22. The molecule has 0 atom stereocenters. The molecule has 192 valence electrons. The summed E-state index contributed by atoms with van der Waals surface area (Å²) in [4.78, 5) is 14.4. The minimum atomic E-state index is 0.745. The number of fused-ring (bicyclic) bond motifs is 11. The second kappa shape index (κ2) is 8.37. The highest BCUT2D eigenvalue weighted by atomic mass is 16.5. The molecule has 0 radical (unpaired) electrons. The number of imidazole rings is 1. The van der Waals surface area contributed by atoms with Crippen LogP contribution in [0.15, 0.2) is 128 Å². The van der Waals surface area contributed by atoms with Crippen LogP contribution in [0.2, 0.25) is 0 Å². The van der Waals surface area contributed by atoms with Gasteiger partial charge in [0.1, 0.15) is 28.6 Å². The number of hydrogen-bond donors (Lipinski definition) is 0. The van der Waals surface area contributed by atoms with Crippen molar-refractivity contribution in [3.05, 3.63) is 128 Å². The zero-order valence-corrected chi connectivity index (χ0v) is 21.8. The molecule has 9 rings (SSSR count). The van der Waals surface area contributed by atoms with E-state index in [1.54, 1.807) is 0 Å². The Labute approximate surface area is 233 Å². The Morgan fingerprint density at radius 2 is 1.22 bits per heavy atom. The monoisotopic (exact) mass is 527 g/mol. The molecule has 0 saturated carbocycles. The lowest BCUT2D eigenvalue weighted by Crippen LogP contribution is -1.96. The maximum atomic E-state index is 6.53. The Kier molecular flexibility index (Phi) is 4.51. The van der Waals surface area contributed by atoms with Crippen molar-refractivity contribution in [2.45, 2.75) is 0 Å². The van der Waals surface area contributed by atoms with Gasteiger partial charge in [-0.1, -0.05) is 36.4 Å². The van der Waals surface area contributed by atoms with Crippen molar-refractivity contribution in [3.8, 4) is 17.3 Å². The van der Waals surface area contributed by atoms with Crippen LogP contribution >= 0.6 is 0 Å². The minimum absolute atomic E-state index is 0.745. The number of nitrogens with zero attached hydrogens (tertiary/aromatic N) is 5. The molecular weight excluding hydrogens is 506 g/mol. The van der Waals surface area contributed by atoms with Gasteiger partial charge < -0.3 is 4.74 Å². The SMILES string of the molecule is c1ccc(-n2c3ccccc3c3ccc(Oc4ccc5c6cccnc6n6c7ccccc7nc6c5c4)cc32)nc1. The van der Waals surface area contributed by atoms with Gasteiger partial charge in [0.25, 0.3) is 0 Å². The summed E-state index contributed by atoms with van der Waals surface area (Å²) in [5, 5.41) is 5.52.